The number of fused-ring (bicyclic) bond motifs is 10. The third-order valence-electron chi connectivity index (χ3n) is 15.7. The van der Waals surface area contributed by atoms with Gasteiger partial charge in [-0.2, -0.15) is 0 Å². The molecule has 0 saturated heterocycles. The van der Waals surface area contributed by atoms with Crippen LogP contribution in [0.25, 0.3) is 43.1 Å². The molecule has 10 aliphatic carbocycles. The molecule has 318 valence electrons. The Kier molecular flexibility index (Phi) is 8.12. The Morgan fingerprint density at radius 1 is 0.485 bits per heavy atom. The Morgan fingerprint density at radius 2 is 0.882 bits per heavy atom. The van der Waals surface area contributed by atoms with E-state index in [9.17, 15) is 20.1 Å². The fraction of sp³-hybridized carbons (Fsp3) is 0.161. The molecule has 0 spiro atoms. The third-order valence-corrected chi connectivity index (χ3v) is 15.7. The van der Waals surface area contributed by atoms with E-state index in [2.05, 4.69) is 61.7 Å². The van der Waals surface area contributed by atoms with E-state index in [1.807, 2.05) is 60.7 Å². The van der Waals surface area contributed by atoms with Gasteiger partial charge in [-0.15, -0.1) is 0 Å². The molecule has 0 amide bonds. The van der Waals surface area contributed by atoms with Crippen molar-refractivity contribution in [3.8, 4) is 12.1 Å². The molecule has 0 bridgehead atoms. The number of hydrogen-bond acceptors (Lipinski definition) is 4. The number of nitriles is 2. The molecule has 0 aromatic heterocycles. The Morgan fingerprint density at radius 3 is 1.25 bits per heavy atom. The molecule has 0 fully saturated rings. The highest BCUT2D eigenvalue weighted by molar-refractivity contribution is 6.28. The summed E-state index contributed by atoms with van der Waals surface area (Å²) in [6.45, 7) is 24.4. The van der Waals surface area contributed by atoms with Gasteiger partial charge in [-0.25, -0.2) is 20.2 Å². The number of carbonyl (C=O) groups is 2. The monoisotopic (exact) mass is 870 g/mol. The molecule has 0 aliphatic heterocycles. The maximum absolute atomic E-state index is 13.7. The topological polar surface area (TPSA) is 90.4 Å². The van der Waals surface area contributed by atoms with Crippen molar-refractivity contribution in [2.45, 2.75) is 66.2 Å². The van der Waals surface area contributed by atoms with Gasteiger partial charge in [0.1, 0.15) is 0 Å². The van der Waals surface area contributed by atoms with Crippen molar-refractivity contribution in [3.05, 3.63) is 253 Å². The van der Waals surface area contributed by atoms with E-state index in [1.165, 1.54) is 111 Å². The Balaban J connectivity index is 0.785. The normalized spacial score (nSPS) is 22.2. The van der Waals surface area contributed by atoms with Gasteiger partial charge in [-0.3, -0.25) is 9.59 Å². The average Bonchev–Trinajstić information content (AvgIpc) is 4.22. The molecule has 0 N–H and O–H groups in total. The van der Waals surface area contributed by atoms with Gasteiger partial charge in [0, 0.05) is 33.4 Å². The summed E-state index contributed by atoms with van der Waals surface area (Å²) in [7, 11) is 0. The van der Waals surface area contributed by atoms with Crippen LogP contribution in [0.4, 0.5) is 0 Å². The van der Waals surface area contributed by atoms with Gasteiger partial charge in [-0.05, 0) is 213 Å². The van der Waals surface area contributed by atoms with Crippen LogP contribution >= 0.6 is 0 Å². The molecule has 6 heteroatoms. The summed E-state index contributed by atoms with van der Waals surface area (Å²) < 4.78 is 0. The second kappa shape index (κ2) is 13.9. The summed E-state index contributed by atoms with van der Waals surface area (Å²) in [5, 5.41) is 19.8. The zero-order valence-corrected chi connectivity index (χ0v) is 37.9. The molecule has 13 rings (SSSR count). The summed E-state index contributed by atoms with van der Waals surface area (Å²) in [5.41, 5.74) is 33.4. The molecule has 68 heavy (non-hydrogen) atoms. The fourth-order valence-corrected chi connectivity index (χ4v) is 13.1. The van der Waals surface area contributed by atoms with Gasteiger partial charge in [0.2, 0.25) is 0 Å². The van der Waals surface area contributed by atoms with Crippen LogP contribution in [0.1, 0.15) is 120 Å². The van der Waals surface area contributed by atoms with Crippen LogP contribution in [-0.4, -0.2) is 11.6 Å². The minimum atomic E-state index is -0.137. The van der Waals surface area contributed by atoms with Crippen LogP contribution in [0, 0.1) is 35.8 Å². The molecule has 10 aliphatic rings. The van der Waals surface area contributed by atoms with Gasteiger partial charge in [0.05, 0.1) is 25.3 Å². The SMILES string of the molecule is [C-]#[N+]/C(C#N)=C1\C(=C\C2=CC3=C(C2)C2=C(C3)C3=C(C2)c2cc4c(cc2C3=C(C)C)C2=C(C3=C(C2)C2=C(C=C(/C=C5\C(=O)c6ccccc6\C5=C(\C#N)[N+]#[C-])C2)C3)C4=C(C)C)C(=O)c2ccccc21. The molecule has 0 atom stereocenters. The van der Waals surface area contributed by atoms with Crippen molar-refractivity contribution in [2.24, 2.45) is 0 Å². The summed E-state index contributed by atoms with van der Waals surface area (Å²) in [5.74, 6) is -0.274. The van der Waals surface area contributed by atoms with Crippen molar-refractivity contribution in [2.75, 3.05) is 0 Å². The Hall–Kier alpha value is -8.68. The van der Waals surface area contributed by atoms with Gasteiger partial charge in [-0.1, -0.05) is 71.8 Å². The van der Waals surface area contributed by atoms with E-state index in [-0.39, 0.29) is 23.0 Å². The fourth-order valence-electron chi connectivity index (χ4n) is 13.1. The van der Waals surface area contributed by atoms with Gasteiger partial charge >= 0.3 is 0 Å². The lowest BCUT2D eigenvalue weighted by Gasteiger charge is -2.17. The first-order valence-corrected chi connectivity index (χ1v) is 23.1. The lowest BCUT2D eigenvalue weighted by molar-refractivity contribution is 0.103. The average molecular weight is 871 g/mol. The van der Waals surface area contributed by atoms with E-state index >= 15 is 0 Å². The zero-order valence-electron chi connectivity index (χ0n) is 37.9. The lowest BCUT2D eigenvalue weighted by Crippen LogP contribution is -1.99. The maximum atomic E-state index is 13.7. The van der Waals surface area contributed by atoms with E-state index in [0.717, 1.165) is 36.8 Å². The number of benzene rings is 3. The number of Topliss-reactive ketones (excluding diaryl/α,β-unsaturated/α-hetero) is 2. The van der Waals surface area contributed by atoms with Crippen LogP contribution < -0.4 is 0 Å². The third kappa shape index (κ3) is 5.07. The first kappa shape index (κ1) is 39.7. The van der Waals surface area contributed by atoms with Gasteiger partial charge in [0.25, 0.3) is 11.4 Å². The lowest BCUT2D eigenvalue weighted by atomic mass is 9.86. The first-order chi connectivity index (χ1) is 33.0. The van der Waals surface area contributed by atoms with Crippen molar-refractivity contribution in [3.63, 3.8) is 0 Å². The number of hydrogen-bond donors (Lipinski definition) is 0. The summed E-state index contributed by atoms with van der Waals surface area (Å²) in [6.07, 6.45) is 13.2. The van der Waals surface area contributed by atoms with Gasteiger partial charge < -0.3 is 0 Å². The van der Waals surface area contributed by atoms with Crippen LogP contribution in [0.3, 0.4) is 0 Å². The summed E-state index contributed by atoms with van der Waals surface area (Å²) in [6, 6.07) is 23.7. The minimum Gasteiger partial charge on any atom is -0.289 e. The van der Waals surface area contributed by atoms with E-state index in [1.54, 1.807) is 12.1 Å². The zero-order chi connectivity index (χ0) is 46.6. The molecule has 0 radical (unpaired) electrons. The van der Waals surface area contributed by atoms with E-state index < -0.39 is 0 Å². The number of ketones is 2. The highest BCUT2D eigenvalue weighted by Gasteiger charge is 2.45. The molecule has 0 heterocycles. The minimum absolute atomic E-state index is 0.0547. The van der Waals surface area contributed by atoms with Crippen LogP contribution in [0.2, 0.25) is 0 Å². The Bertz CT molecular complexity index is 3620. The van der Waals surface area contributed by atoms with Crippen molar-refractivity contribution >= 4 is 45.0 Å². The molecular formula is C62H38N4O2. The smallest absolute Gasteiger partial charge is 0.270 e. The summed E-state index contributed by atoms with van der Waals surface area (Å²) in [4.78, 5) is 34.5. The highest BCUT2D eigenvalue weighted by atomic mass is 16.1. The van der Waals surface area contributed by atoms with Crippen LogP contribution in [-0.2, 0) is 0 Å². The molecule has 0 saturated carbocycles. The van der Waals surface area contributed by atoms with E-state index in [0.29, 0.717) is 57.4 Å². The van der Waals surface area contributed by atoms with Crippen molar-refractivity contribution in [1.82, 2.24) is 0 Å². The summed E-state index contributed by atoms with van der Waals surface area (Å²) >= 11 is 0. The van der Waals surface area contributed by atoms with Gasteiger partial charge in [0.15, 0.2) is 11.6 Å². The van der Waals surface area contributed by atoms with Crippen LogP contribution in [0.15, 0.2) is 186 Å². The number of carbonyl (C=O) groups excluding carboxylic acids is 2. The number of allylic oxidation sites excluding steroid dienone is 28. The molecule has 6 nitrogen and oxygen atoms in total. The largest absolute Gasteiger partial charge is 0.289 e. The molecule has 3 aromatic carbocycles. The molecular weight excluding hydrogens is 833 g/mol. The van der Waals surface area contributed by atoms with Crippen LogP contribution in [0.5, 0.6) is 0 Å². The number of nitrogens with zero attached hydrogens (tertiary/aromatic N) is 4. The van der Waals surface area contributed by atoms with Crippen molar-refractivity contribution < 1.29 is 9.59 Å². The molecule has 3 aromatic rings. The predicted molar refractivity (Wildman–Crippen MR) is 265 cm³/mol. The second-order valence-corrected chi connectivity index (χ2v) is 19.6. The Labute approximate surface area is 394 Å². The number of rotatable bonds is 2. The maximum Gasteiger partial charge on any atom is 0.270 e. The van der Waals surface area contributed by atoms with Crippen molar-refractivity contribution in [1.29, 1.82) is 10.5 Å². The second-order valence-electron chi connectivity index (χ2n) is 19.6. The van der Waals surface area contributed by atoms with E-state index in [4.69, 9.17) is 13.1 Å². The first-order valence-electron chi connectivity index (χ1n) is 23.1. The quantitative estimate of drug-likeness (QED) is 0.146. The predicted octanol–water partition coefficient (Wildman–Crippen LogP) is 14.2. The molecule has 0 unspecified atom stereocenters. The highest BCUT2D eigenvalue weighted by Crippen LogP contribution is 2.64. The standard InChI is InChI=1S/C62H38N4O2/c1-29(2)55-47-25-44-48(26-43(47)49-23-41-39-17-31(15-33(39)21-45(41)59(49)55)19-51-57(53(27-63)65-5)35-11-7-9-13-37(35)61(51)67)56(30(3)4)60-46-22-34-16-32(18-40(34)42(46)24-50(44)60)20-52-58(54(28-64)66-6)36-12-8-10-14-38(36)62(52)68/h7-16,19-20,25-26H,17-18,21-24H2,1-4H3/b51-19-,52-20-,57-53-,58-54+.